The molecule has 0 unspecified atom stereocenters. The van der Waals surface area contributed by atoms with Crippen LogP contribution in [0.4, 0.5) is 5.69 Å². The van der Waals surface area contributed by atoms with E-state index < -0.39 is 4.92 Å². The van der Waals surface area contributed by atoms with Crippen LogP contribution in [0.2, 0.25) is 0 Å². The minimum Gasteiger partial charge on any atom is -0.361 e. The number of nitro groups is 1. The fraction of sp³-hybridized carbons (Fsp3) is 0.100. The summed E-state index contributed by atoms with van der Waals surface area (Å²) in [6.45, 7) is 0.428. The van der Waals surface area contributed by atoms with Gasteiger partial charge in [-0.25, -0.2) is 4.98 Å². The van der Waals surface area contributed by atoms with Gasteiger partial charge in [-0.2, -0.15) is 0 Å². The van der Waals surface area contributed by atoms with Gasteiger partial charge in [0.1, 0.15) is 5.69 Å². The van der Waals surface area contributed by atoms with Gasteiger partial charge in [0.05, 0.1) is 11.3 Å². The quantitative estimate of drug-likeness (QED) is 0.398. The van der Waals surface area contributed by atoms with Crippen LogP contribution in [0.3, 0.4) is 0 Å². The predicted molar refractivity (Wildman–Crippen MR) is 105 cm³/mol. The average molecular weight is 375 g/mol. The molecule has 0 radical (unpaired) electrons. The van der Waals surface area contributed by atoms with Gasteiger partial charge < -0.3 is 14.9 Å². The normalized spacial score (nSPS) is 10.9. The van der Waals surface area contributed by atoms with Crippen LogP contribution in [0.25, 0.3) is 16.6 Å². The van der Waals surface area contributed by atoms with E-state index in [1.807, 2.05) is 30.5 Å². The number of rotatable bonds is 6. The number of nitrogens with one attached hydrogen (secondary N) is 2. The van der Waals surface area contributed by atoms with Crippen molar-refractivity contribution in [2.75, 3.05) is 6.54 Å². The second-order valence-corrected chi connectivity index (χ2v) is 6.30. The summed E-state index contributed by atoms with van der Waals surface area (Å²) in [5.74, 6) is -0.347. The van der Waals surface area contributed by atoms with Crippen LogP contribution in [0.1, 0.15) is 15.9 Å². The van der Waals surface area contributed by atoms with Crippen molar-refractivity contribution in [2.24, 2.45) is 0 Å². The molecule has 4 rings (SSSR count). The lowest BCUT2D eigenvalue weighted by Gasteiger charge is -2.08. The molecule has 4 aromatic rings. The molecular formula is C20H17N5O3. The Morgan fingerprint density at radius 2 is 2.11 bits per heavy atom. The second kappa shape index (κ2) is 7.36. The minimum atomic E-state index is -0.502. The van der Waals surface area contributed by atoms with Crippen LogP contribution < -0.4 is 5.32 Å². The molecule has 0 spiro atoms. The van der Waals surface area contributed by atoms with E-state index in [4.69, 9.17) is 0 Å². The van der Waals surface area contributed by atoms with Crippen LogP contribution in [-0.4, -0.2) is 31.9 Å². The summed E-state index contributed by atoms with van der Waals surface area (Å²) in [6, 6.07) is 12.4. The third kappa shape index (κ3) is 3.35. The predicted octanol–water partition coefficient (Wildman–Crippen LogP) is 3.23. The molecule has 0 aliphatic heterocycles. The Kier molecular flexibility index (Phi) is 4.59. The highest BCUT2D eigenvalue weighted by Gasteiger charge is 2.18. The largest absolute Gasteiger partial charge is 0.361 e. The molecule has 0 saturated heterocycles. The first kappa shape index (κ1) is 17.5. The minimum absolute atomic E-state index is 0.151. The molecular weight excluding hydrogens is 358 g/mol. The van der Waals surface area contributed by atoms with Gasteiger partial charge in [-0.1, -0.05) is 18.2 Å². The van der Waals surface area contributed by atoms with E-state index in [0.717, 1.165) is 16.5 Å². The lowest BCUT2D eigenvalue weighted by Crippen LogP contribution is -2.25. The SMILES string of the molecule is O=C(NCCc1c[nH]c2ccccc12)c1ccc(-n2ccnc2)c([N+](=O)[O-])c1. The number of aromatic amines is 1. The van der Waals surface area contributed by atoms with E-state index in [0.29, 0.717) is 18.7 Å². The number of fused-ring (bicyclic) bond motifs is 1. The van der Waals surface area contributed by atoms with Gasteiger partial charge in [-0.3, -0.25) is 14.9 Å². The molecule has 0 atom stereocenters. The van der Waals surface area contributed by atoms with Crippen molar-refractivity contribution in [2.45, 2.75) is 6.42 Å². The molecule has 28 heavy (non-hydrogen) atoms. The molecule has 0 aliphatic rings. The van der Waals surface area contributed by atoms with Gasteiger partial charge in [0.25, 0.3) is 11.6 Å². The molecule has 8 nitrogen and oxygen atoms in total. The van der Waals surface area contributed by atoms with Crippen LogP contribution >= 0.6 is 0 Å². The van der Waals surface area contributed by atoms with Gasteiger partial charge in [0, 0.05) is 47.7 Å². The summed E-state index contributed by atoms with van der Waals surface area (Å²) in [5.41, 5.74) is 2.61. The van der Waals surface area contributed by atoms with E-state index >= 15 is 0 Å². The number of nitro benzene ring substituents is 1. The molecule has 2 N–H and O–H groups in total. The number of nitrogens with zero attached hydrogens (tertiary/aromatic N) is 3. The van der Waals surface area contributed by atoms with Crippen molar-refractivity contribution >= 4 is 22.5 Å². The lowest BCUT2D eigenvalue weighted by molar-refractivity contribution is -0.384. The van der Waals surface area contributed by atoms with Crippen molar-refractivity contribution in [1.29, 1.82) is 0 Å². The standard InChI is InChI=1S/C20H17N5O3/c26-20(22-8-7-15-12-23-17-4-2-1-3-16(15)17)14-5-6-18(19(11-14)25(27)28)24-10-9-21-13-24/h1-6,9-13,23H,7-8H2,(H,22,26). The number of para-hydroxylation sites is 1. The van der Waals surface area contributed by atoms with Gasteiger partial charge in [0.15, 0.2) is 0 Å². The molecule has 2 aromatic heterocycles. The van der Waals surface area contributed by atoms with Crippen molar-refractivity contribution in [3.8, 4) is 5.69 Å². The number of benzene rings is 2. The fourth-order valence-electron chi connectivity index (χ4n) is 3.18. The van der Waals surface area contributed by atoms with Crippen molar-refractivity contribution in [1.82, 2.24) is 19.9 Å². The molecule has 2 heterocycles. The molecule has 0 fully saturated rings. The number of carbonyl (C=O) groups excluding carboxylic acids is 1. The summed E-state index contributed by atoms with van der Waals surface area (Å²) >= 11 is 0. The van der Waals surface area contributed by atoms with E-state index in [1.54, 1.807) is 18.3 Å². The number of H-pyrrole nitrogens is 1. The van der Waals surface area contributed by atoms with Crippen LogP contribution in [-0.2, 0) is 6.42 Å². The molecule has 0 aliphatic carbocycles. The van der Waals surface area contributed by atoms with Crippen LogP contribution in [0.15, 0.2) is 67.4 Å². The van der Waals surface area contributed by atoms with E-state index in [-0.39, 0.29) is 17.2 Å². The maximum atomic E-state index is 12.4. The summed E-state index contributed by atoms with van der Waals surface area (Å²) < 4.78 is 1.54. The number of hydrogen-bond donors (Lipinski definition) is 2. The first-order chi connectivity index (χ1) is 13.6. The number of amides is 1. The Morgan fingerprint density at radius 1 is 1.25 bits per heavy atom. The number of imidazole rings is 1. The van der Waals surface area contributed by atoms with Crippen molar-refractivity contribution in [3.63, 3.8) is 0 Å². The van der Waals surface area contributed by atoms with Crippen molar-refractivity contribution in [3.05, 3.63) is 88.6 Å². The first-order valence-electron chi connectivity index (χ1n) is 8.73. The Bertz CT molecular complexity index is 1150. The van der Waals surface area contributed by atoms with E-state index in [2.05, 4.69) is 15.3 Å². The number of aromatic nitrogens is 3. The zero-order valence-corrected chi connectivity index (χ0v) is 14.8. The molecule has 0 bridgehead atoms. The molecule has 140 valence electrons. The third-order valence-corrected chi connectivity index (χ3v) is 4.57. The maximum Gasteiger partial charge on any atom is 0.294 e. The van der Waals surface area contributed by atoms with E-state index in [1.165, 1.54) is 23.2 Å². The first-order valence-corrected chi connectivity index (χ1v) is 8.73. The Morgan fingerprint density at radius 3 is 2.89 bits per heavy atom. The van der Waals surface area contributed by atoms with Gasteiger partial charge >= 0.3 is 0 Å². The molecule has 8 heteroatoms. The maximum absolute atomic E-state index is 12.4. The Hall–Kier alpha value is -3.94. The average Bonchev–Trinajstić information content (AvgIpc) is 3.38. The third-order valence-electron chi connectivity index (χ3n) is 4.57. The monoisotopic (exact) mass is 375 g/mol. The second-order valence-electron chi connectivity index (χ2n) is 6.30. The Labute approximate surface area is 160 Å². The topological polar surface area (TPSA) is 106 Å². The fourth-order valence-corrected chi connectivity index (χ4v) is 3.18. The summed E-state index contributed by atoms with van der Waals surface area (Å²) in [6.07, 6.45) is 7.22. The summed E-state index contributed by atoms with van der Waals surface area (Å²) in [5, 5.41) is 15.4. The molecule has 1 amide bonds. The van der Waals surface area contributed by atoms with Gasteiger partial charge in [-0.15, -0.1) is 0 Å². The summed E-state index contributed by atoms with van der Waals surface area (Å²) in [7, 11) is 0. The lowest BCUT2D eigenvalue weighted by atomic mass is 10.1. The number of carbonyl (C=O) groups is 1. The van der Waals surface area contributed by atoms with Gasteiger partial charge in [0.2, 0.25) is 0 Å². The van der Waals surface area contributed by atoms with Crippen LogP contribution in [0, 0.1) is 10.1 Å². The highest BCUT2D eigenvalue weighted by atomic mass is 16.6. The zero-order chi connectivity index (χ0) is 19.5. The highest BCUT2D eigenvalue weighted by molar-refractivity contribution is 5.95. The number of hydrogen-bond acceptors (Lipinski definition) is 4. The highest BCUT2D eigenvalue weighted by Crippen LogP contribution is 2.24. The molecule has 2 aromatic carbocycles. The van der Waals surface area contributed by atoms with Crippen molar-refractivity contribution < 1.29 is 9.72 Å². The van der Waals surface area contributed by atoms with E-state index in [9.17, 15) is 14.9 Å². The van der Waals surface area contributed by atoms with Gasteiger partial charge in [-0.05, 0) is 30.2 Å². The Balaban J connectivity index is 1.47. The summed E-state index contributed by atoms with van der Waals surface area (Å²) in [4.78, 5) is 30.5. The van der Waals surface area contributed by atoms with Crippen LogP contribution in [0.5, 0.6) is 0 Å². The zero-order valence-electron chi connectivity index (χ0n) is 14.8. The molecule has 0 saturated carbocycles. The smallest absolute Gasteiger partial charge is 0.294 e.